The Balaban J connectivity index is 2.43. The highest BCUT2D eigenvalue weighted by Gasteiger charge is 2.16. The number of nitrogens with zero attached hydrogens (tertiary/aromatic N) is 1. The van der Waals surface area contributed by atoms with Gasteiger partial charge in [0.2, 0.25) is 0 Å². The predicted octanol–water partition coefficient (Wildman–Crippen LogP) is 1.10. The van der Waals surface area contributed by atoms with Gasteiger partial charge in [-0.05, 0) is 25.7 Å². The lowest BCUT2D eigenvalue weighted by Crippen LogP contribution is -2.23. The van der Waals surface area contributed by atoms with Crippen LogP contribution in [0.25, 0.3) is 0 Å². The van der Waals surface area contributed by atoms with Crippen molar-refractivity contribution in [2.24, 2.45) is 5.73 Å². The zero-order chi connectivity index (χ0) is 11.5. The number of nitrogens with one attached hydrogen (secondary N) is 1. The SMILES string of the molecule is CC(CN)c1nc2c(c(=O)[nH]1)CCCCC2. The number of aromatic nitrogens is 2. The Labute approximate surface area is 95.3 Å². The van der Waals surface area contributed by atoms with Crippen LogP contribution in [0.2, 0.25) is 0 Å². The maximum atomic E-state index is 11.9. The van der Waals surface area contributed by atoms with Crippen LogP contribution in [0.5, 0.6) is 0 Å². The zero-order valence-corrected chi connectivity index (χ0v) is 9.75. The summed E-state index contributed by atoms with van der Waals surface area (Å²) in [7, 11) is 0. The topological polar surface area (TPSA) is 71.8 Å². The van der Waals surface area contributed by atoms with Crippen LogP contribution < -0.4 is 11.3 Å². The van der Waals surface area contributed by atoms with Crippen molar-refractivity contribution in [3.8, 4) is 0 Å². The van der Waals surface area contributed by atoms with E-state index in [1.807, 2.05) is 6.92 Å². The van der Waals surface area contributed by atoms with Gasteiger partial charge in [0.05, 0.1) is 5.69 Å². The van der Waals surface area contributed by atoms with E-state index in [1.165, 1.54) is 6.42 Å². The molecule has 1 atom stereocenters. The summed E-state index contributed by atoms with van der Waals surface area (Å²) in [6.45, 7) is 2.50. The molecule has 0 aromatic carbocycles. The first-order chi connectivity index (χ1) is 7.72. The highest BCUT2D eigenvalue weighted by atomic mass is 16.1. The zero-order valence-electron chi connectivity index (χ0n) is 9.75. The molecule has 1 aliphatic rings. The number of aromatic amines is 1. The van der Waals surface area contributed by atoms with Crippen molar-refractivity contribution in [1.29, 1.82) is 0 Å². The number of nitrogens with two attached hydrogens (primary N) is 1. The molecule has 0 saturated heterocycles. The molecular formula is C12H19N3O. The summed E-state index contributed by atoms with van der Waals surface area (Å²) in [5.41, 5.74) is 7.53. The van der Waals surface area contributed by atoms with Crippen LogP contribution in [0, 0.1) is 0 Å². The molecule has 1 unspecified atom stereocenters. The summed E-state index contributed by atoms with van der Waals surface area (Å²) in [5, 5.41) is 0. The first-order valence-electron chi connectivity index (χ1n) is 6.04. The van der Waals surface area contributed by atoms with Gasteiger partial charge in [-0.2, -0.15) is 0 Å². The lowest BCUT2D eigenvalue weighted by molar-refractivity contribution is 0.686. The van der Waals surface area contributed by atoms with Crippen molar-refractivity contribution in [3.05, 3.63) is 27.4 Å². The molecule has 4 nitrogen and oxygen atoms in total. The van der Waals surface area contributed by atoms with E-state index in [4.69, 9.17) is 5.73 Å². The first-order valence-corrected chi connectivity index (χ1v) is 6.04. The number of hydrogen-bond donors (Lipinski definition) is 2. The van der Waals surface area contributed by atoms with Gasteiger partial charge >= 0.3 is 0 Å². The molecule has 0 radical (unpaired) electrons. The molecule has 2 rings (SSSR count). The van der Waals surface area contributed by atoms with Gasteiger partial charge in [0.1, 0.15) is 5.82 Å². The fourth-order valence-corrected chi connectivity index (χ4v) is 2.14. The quantitative estimate of drug-likeness (QED) is 0.735. The van der Waals surface area contributed by atoms with Crippen LogP contribution in [-0.4, -0.2) is 16.5 Å². The molecule has 4 heteroatoms. The Hall–Kier alpha value is -1.16. The van der Waals surface area contributed by atoms with E-state index < -0.39 is 0 Å². The molecule has 0 aliphatic heterocycles. The smallest absolute Gasteiger partial charge is 0.254 e. The molecule has 1 aromatic heterocycles. The van der Waals surface area contributed by atoms with Gasteiger partial charge in [-0.3, -0.25) is 4.79 Å². The Kier molecular flexibility index (Phi) is 3.39. The molecule has 16 heavy (non-hydrogen) atoms. The fourth-order valence-electron chi connectivity index (χ4n) is 2.14. The number of fused-ring (bicyclic) bond motifs is 1. The molecule has 0 amide bonds. The summed E-state index contributed by atoms with van der Waals surface area (Å²) in [6, 6.07) is 0. The van der Waals surface area contributed by atoms with Crippen LogP contribution in [-0.2, 0) is 12.8 Å². The van der Waals surface area contributed by atoms with E-state index in [0.717, 1.165) is 42.8 Å². The third-order valence-corrected chi connectivity index (χ3v) is 3.28. The van der Waals surface area contributed by atoms with Gasteiger partial charge in [-0.15, -0.1) is 0 Å². The molecule has 1 aromatic rings. The Morgan fingerprint density at radius 2 is 2.12 bits per heavy atom. The van der Waals surface area contributed by atoms with Gasteiger partial charge in [-0.25, -0.2) is 4.98 Å². The summed E-state index contributed by atoms with van der Waals surface area (Å²) >= 11 is 0. The van der Waals surface area contributed by atoms with Crippen LogP contribution >= 0.6 is 0 Å². The molecule has 1 heterocycles. The first kappa shape index (κ1) is 11.3. The minimum atomic E-state index is 0.0437. The molecule has 3 N–H and O–H groups in total. The van der Waals surface area contributed by atoms with Crippen molar-refractivity contribution >= 4 is 0 Å². The second-order valence-electron chi connectivity index (χ2n) is 4.57. The molecule has 88 valence electrons. The third-order valence-electron chi connectivity index (χ3n) is 3.28. The number of rotatable bonds is 2. The van der Waals surface area contributed by atoms with Gasteiger partial charge in [0, 0.05) is 18.0 Å². The van der Waals surface area contributed by atoms with Crippen LogP contribution in [0.3, 0.4) is 0 Å². The predicted molar refractivity (Wildman–Crippen MR) is 63.6 cm³/mol. The van der Waals surface area contributed by atoms with Gasteiger partial charge in [0.15, 0.2) is 0 Å². The maximum absolute atomic E-state index is 11.9. The van der Waals surface area contributed by atoms with E-state index in [1.54, 1.807) is 0 Å². The number of hydrogen-bond acceptors (Lipinski definition) is 3. The van der Waals surface area contributed by atoms with Gasteiger partial charge in [0.25, 0.3) is 5.56 Å². The summed E-state index contributed by atoms with van der Waals surface area (Å²) < 4.78 is 0. The number of H-pyrrole nitrogens is 1. The maximum Gasteiger partial charge on any atom is 0.254 e. The minimum absolute atomic E-state index is 0.0437. The average Bonchev–Trinajstić information content (AvgIpc) is 2.53. The second kappa shape index (κ2) is 4.78. The largest absolute Gasteiger partial charge is 0.330 e. The fraction of sp³-hybridized carbons (Fsp3) is 0.667. The van der Waals surface area contributed by atoms with E-state index in [-0.39, 0.29) is 11.5 Å². The Morgan fingerprint density at radius 3 is 2.88 bits per heavy atom. The molecule has 0 bridgehead atoms. The lowest BCUT2D eigenvalue weighted by atomic mass is 10.1. The second-order valence-corrected chi connectivity index (χ2v) is 4.57. The molecule has 0 spiro atoms. The summed E-state index contributed by atoms with van der Waals surface area (Å²) in [6.07, 6.45) is 5.24. The van der Waals surface area contributed by atoms with Crippen molar-refractivity contribution in [2.75, 3.05) is 6.54 Å². The lowest BCUT2D eigenvalue weighted by Gasteiger charge is -2.11. The molecule has 1 aliphatic carbocycles. The van der Waals surface area contributed by atoms with E-state index in [0.29, 0.717) is 6.54 Å². The third kappa shape index (κ3) is 2.16. The van der Waals surface area contributed by atoms with E-state index in [2.05, 4.69) is 9.97 Å². The monoisotopic (exact) mass is 221 g/mol. The summed E-state index contributed by atoms with van der Waals surface area (Å²) in [5.74, 6) is 0.870. The van der Waals surface area contributed by atoms with Crippen LogP contribution in [0.4, 0.5) is 0 Å². The Bertz CT molecular complexity index is 425. The summed E-state index contributed by atoms with van der Waals surface area (Å²) in [4.78, 5) is 19.4. The number of aryl methyl sites for hydroxylation is 1. The van der Waals surface area contributed by atoms with Crippen molar-refractivity contribution in [3.63, 3.8) is 0 Å². The van der Waals surface area contributed by atoms with E-state index in [9.17, 15) is 4.79 Å². The molecular weight excluding hydrogens is 202 g/mol. The van der Waals surface area contributed by atoms with Crippen molar-refractivity contribution < 1.29 is 0 Å². The normalized spacial score (nSPS) is 17.6. The van der Waals surface area contributed by atoms with Crippen molar-refractivity contribution in [2.45, 2.75) is 44.9 Å². The van der Waals surface area contributed by atoms with Gasteiger partial charge < -0.3 is 10.7 Å². The van der Waals surface area contributed by atoms with Crippen LogP contribution in [0.1, 0.15) is 49.2 Å². The molecule has 0 fully saturated rings. The molecule has 0 saturated carbocycles. The Morgan fingerprint density at radius 1 is 1.38 bits per heavy atom. The van der Waals surface area contributed by atoms with Gasteiger partial charge in [-0.1, -0.05) is 13.3 Å². The standard InChI is InChI=1S/C12H19N3O/c1-8(7-13)11-14-10-6-4-2-3-5-9(10)12(16)15-11/h8H,2-7,13H2,1H3,(H,14,15,16). The van der Waals surface area contributed by atoms with Crippen LogP contribution in [0.15, 0.2) is 4.79 Å². The minimum Gasteiger partial charge on any atom is -0.330 e. The van der Waals surface area contributed by atoms with E-state index >= 15 is 0 Å². The average molecular weight is 221 g/mol. The highest BCUT2D eigenvalue weighted by Crippen LogP contribution is 2.17. The van der Waals surface area contributed by atoms with Crippen molar-refractivity contribution in [1.82, 2.24) is 9.97 Å². The highest BCUT2D eigenvalue weighted by molar-refractivity contribution is 5.20.